The van der Waals surface area contributed by atoms with E-state index in [1.807, 2.05) is 30.3 Å². The number of rotatable bonds is 2. The number of para-hydroxylation sites is 1. The van der Waals surface area contributed by atoms with E-state index in [-0.39, 0.29) is 11.5 Å². The molecule has 0 aliphatic carbocycles. The van der Waals surface area contributed by atoms with Crippen LogP contribution in [-0.4, -0.2) is 37.2 Å². The number of aliphatic hydroxyl groups excluding tert-OH is 1. The van der Waals surface area contributed by atoms with Crippen molar-refractivity contribution in [2.45, 2.75) is 12.1 Å². The van der Waals surface area contributed by atoms with Crippen molar-refractivity contribution in [1.29, 1.82) is 0 Å². The standard InChI is InChI=1S/C10H13NO3S/c12-10-7-15(13,14)6-9(10)11-8-4-2-1-3-5-8/h1-5,9-12H,6-7H2/t9-,10+/m1/s1. The summed E-state index contributed by atoms with van der Waals surface area (Å²) in [5, 5.41) is 12.6. The monoisotopic (exact) mass is 227 g/mol. The van der Waals surface area contributed by atoms with Crippen LogP contribution in [0.15, 0.2) is 30.3 Å². The largest absolute Gasteiger partial charge is 0.390 e. The molecule has 0 unspecified atom stereocenters. The van der Waals surface area contributed by atoms with E-state index in [2.05, 4.69) is 5.32 Å². The topological polar surface area (TPSA) is 66.4 Å². The van der Waals surface area contributed by atoms with Gasteiger partial charge in [0.25, 0.3) is 0 Å². The van der Waals surface area contributed by atoms with Gasteiger partial charge in [0.15, 0.2) is 9.84 Å². The van der Waals surface area contributed by atoms with E-state index in [0.717, 1.165) is 5.69 Å². The Hall–Kier alpha value is -1.07. The molecule has 1 aromatic carbocycles. The van der Waals surface area contributed by atoms with Gasteiger partial charge in [0.2, 0.25) is 0 Å². The van der Waals surface area contributed by atoms with Crippen molar-refractivity contribution >= 4 is 15.5 Å². The van der Waals surface area contributed by atoms with Gasteiger partial charge in [0, 0.05) is 5.69 Å². The van der Waals surface area contributed by atoms with Crippen LogP contribution in [0, 0.1) is 0 Å². The number of hydrogen-bond donors (Lipinski definition) is 2. The Kier molecular flexibility index (Phi) is 2.67. The maximum Gasteiger partial charge on any atom is 0.155 e. The predicted molar refractivity (Wildman–Crippen MR) is 58.5 cm³/mol. The lowest BCUT2D eigenvalue weighted by molar-refractivity contribution is 0.190. The second kappa shape index (κ2) is 3.83. The maximum absolute atomic E-state index is 11.2. The second-order valence-electron chi connectivity index (χ2n) is 3.76. The average molecular weight is 227 g/mol. The van der Waals surface area contributed by atoms with Crippen LogP contribution in [0.1, 0.15) is 0 Å². The molecule has 4 nitrogen and oxygen atoms in total. The summed E-state index contributed by atoms with van der Waals surface area (Å²) in [6, 6.07) is 8.90. The molecule has 1 aliphatic rings. The van der Waals surface area contributed by atoms with Crippen molar-refractivity contribution in [1.82, 2.24) is 0 Å². The molecule has 0 bridgehead atoms. The molecule has 2 N–H and O–H groups in total. The molecule has 1 aromatic rings. The SMILES string of the molecule is O=S1(=O)C[C@H](O)[C@H](Nc2ccccc2)C1. The van der Waals surface area contributed by atoms with Crippen molar-refractivity contribution < 1.29 is 13.5 Å². The maximum atomic E-state index is 11.2. The molecule has 0 aromatic heterocycles. The summed E-state index contributed by atoms with van der Waals surface area (Å²) in [5.41, 5.74) is 0.832. The Balaban J connectivity index is 2.08. The molecule has 0 amide bonds. The van der Waals surface area contributed by atoms with Gasteiger partial charge in [-0.2, -0.15) is 0 Å². The van der Waals surface area contributed by atoms with E-state index < -0.39 is 22.0 Å². The summed E-state index contributed by atoms with van der Waals surface area (Å²) in [6.45, 7) is 0. The third kappa shape index (κ3) is 2.49. The fraction of sp³-hybridized carbons (Fsp3) is 0.400. The van der Waals surface area contributed by atoms with Crippen molar-refractivity contribution in [3.63, 3.8) is 0 Å². The lowest BCUT2D eigenvalue weighted by Gasteiger charge is -2.15. The third-order valence-corrected chi connectivity index (χ3v) is 4.16. The molecule has 1 fully saturated rings. The highest BCUT2D eigenvalue weighted by Crippen LogP contribution is 2.17. The molecule has 2 atom stereocenters. The van der Waals surface area contributed by atoms with Crippen LogP contribution < -0.4 is 5.32 Å². The molecule has 5 heteroatoms. The summed E-state index contributed by atoms with van der Waals surface area (Å²) in [6.07, 6.45) is -0.810. The van der Waals surface area contributed by atoms with Crippen molar-refractivity contribution in [3.05, 3.63) is 30.3 Å². The molecule has 0 radical (unpaired) electrons. The van der Waals surface area contributed by atoms with Gasteiger partial charge in [-0.15, -0.1) is 0 Å². The second-order valence-corrected chi connectivity index (χ2v) is 5.91. The van der Waals surface area contributed by atoms with Crippen LogP contribution in [0.25, 0.3) is 0 Å². The molecule has 1 heterocycles. The predicted octanol–water partition coefficient (Wildman–Crippen LogP) is 0.256. The van der Waals surface area contributed by atoms with E-state index in [1.165, 1.54) is 0 Å². The molecule has 2 rings (SSSR count). The zero-order valence-electron chi connectivity index (χ0n) is 8.13. The first-order valence-corrected chi connectivity index (χ1v) is 6.59. The summed E-state index contributed by atoms with van der Waals surface area (Å²) < 4.78 is 22.5. The van der Waals surface area contributed by atoms with E-state index in [4.69, 9.17) is 0 Å². The van der Waals surface area contributed by atoms with Crippen LogP contribution >= 0.6 is 0 Å². The Morgan fingerprint density at radius 3 is 2.40 bits per heavy atom. The summed E-state index contributed by atoms with van der Waals surface area (Å²) in [4.78, 5) is 0. The summed E-state index contributed by atoms with van der Waals surface area (Å²) in [7, 11) is -3.08. The first kappa shape index (κ1) is 10.4. The average Bonchev–Trinajstić information content (AvgIpc) is 2.41. The van der Waals surface area contributed by atoms with Crippen LogP contribution in [0.2, 0.25) is 0 Å². The van der Waals surface area contributed by atoms with Crippen molar-refractivity contribution in [2.24, 2.45) is 0 Å². The van der Waals surface area contributed by atoms with Crippen LogP contribution in [0.4, 0.5) is 5.69 Å². The summed E-state index contributed by atoms with van der Waals surface area (Å²) in [5.74, 6) is -0.138. The van der Waals surface area contributed by atoms with Gasteiger partial charge in [-0.25, -0.2) is 8.42 Å². The van der Waals surface area contributed by atoms with Crippen molar-refractivity contribution in [3.8, 4) is 0 Å². The Bertz CT molecular complexity index is 429. The van der Waals surface area contributed by atoms with Crippen LogP contribution in [0.5, 0.6) is 0 Å². The van der Waals surface area contributed by atoms with Gasteiger partial charge in [-0.05, 0) is 12.1 Å². The molecule has 82 valence electrons. The zero-order chi connectivity index (χ0) is 10.9. The van der Waals surface area contributed by atoms with E-state index in [0.29, 0.717) is 0 Å². The van der Waals surface area contributed by atoms with E-state index in [9.17, 15) is 13.5 Å². The normalized spacial score (nSPS) is 28.9. The number of sulfone groups is 1. The van der Waals surface area contributed by atoms with Crippen molar-refractivity contribution in [2.75, 3.05) is 16.8 Å². The Labute approximate surface area is 88.9 Å². The van der Waals surface area contributed by atoms with E-state index >= 15 is 0 Å². The van der Waals surface area contributed by atoms with Gasteiger partial charge in [-0.1, -0.05) is 18.2 Å². The Morgan fingerprint density at radius 1 is 1.20 bits per heavy atom. The Morgan fingerprint density at radius 2 is 1.87 bits per heavy atom. The number of anilines is 1. The van der Waals surface area contributed by atoms with Gasteiger partial charge in [0.1, 0.15) is 0 Å². The molecule has 0 spiro atoms. The minimum absolute atomic E-state index is 0.00304. The lowest BCUT2D eigenvalue weighted by atomic mass is 10.2. The van der Waals surface area contributed by atoms with Gasteiger partial charge < -0.3 is 10.4 Å². The number of aliphatic hydroxyl groups is 1. The third-order valence-electron chi connectivity index (χ3n) is 2.45. The minimum atomic E-state index is -3.08. The van der Waals surface area contributed by atoms with Gasteiger partial charge in [-0.3, -0.25) is 0 Å². The number of hydrogen-bond acceptors (Lipinski definition) is 4. The smallest absolute Gasteiger partial charge is 0.155 e. The minimum Gasteiger partial charge on any atom is -0.390 e. The van der Waals surface area contributed by atoms with Gasteiger partial charge in [0.05, 0.1) is 23.7 Å². The first-order chi connectivity index (χ1) is 7.07. The first-order valence-electron chi connectivity index (χ1n) is 4.77. The molecular formula is C10H13NO3S. The molecule has 0 saturated carbocycles. The highest BCUT2D eigenvalue weighted by atomic mass is 32.2. The van der Waals surface area contributed by atoms with Crippen LogP contribution in [-0.2, 0) is 9.84 Å². The van der Waals surface area contributed by atoms with Crippen LogP contribution in [0.3, 0.4) is 0 Å². The highest BCUT2D eigenvalue weighted by molar-refractivity contribution is 7.91. The number of nitrogens with one attached hydrogen (secondary N) is 1. The summed E-state index contributed by atoms with van der Waals surface area (Å²) >= 11 is 0. The quantitative estimate of drug-likeness (QED) is 0.760. The molecular weight excluding hydrogens is 214 g/mol. The van der Waals surface area contributed by atoms with E-state index in [1.54, 1.807) is 0 Å². The molecule has 1 aliphatic heterocycles. The van der Waals surface area contributed by atoms with Gasteiger partial charge >= 0.3 is 0 Å². The highest BCUT2D eigenvalue weighted by Gasteiger charge is 2.36. The number of benzene rings is 1. The lowest BCUT2D eigenvalue weighted by Crippen LogP contribution is -2.31. The molecule has 15 heavy (non-hydrogen) atoms. The zero-order valence-corrected chi connectivity index (χ0v) is 8.94. The molecule has 1 saturated heterocycles. The fourth-order valence-electron chi connectivity index (χ4n) is 1.72. The fourth-order valence-corrected chi connectivity index (χ4v) is 3.46.